The minimum atomic E-state index is -3.30. The van der Waals surface area contributed by atoms with Crippen LogP contribution in [0.15, 0.2) is 0 Å². The molecular weight excluding hydrogens is 192 g/mol. The van der Waals surface area contributed by atoms with Crippen LogP contribution in [0.1, 0.15) is 20.3 Å². The quantitative estimate of drug-likeness (QED) is 0.636. The summed E-state index contributed by atoms with van der Waals surface area (Å²) in [5.74, 6) is -0.284. The van der Waals surface area contributed by atoms with E-state index in [2.05, 4.69) is 10.0 Å². The monoisotopic (exact) mass is 208 g/mol. The maximum absolute atomic E-state index is 11.2. The van der Waals surface area contributed by atoms with Crippen LogP contribution in [0.25, 0.3) is 0 Å². The number of nitrogens with one attached hydrogen (secondary N) is 2. The Bertz CT molecular complexity index is 261. The number of likely N-dealkylation sites (N-methyl/N-ethyl adjacent to an activating group) is 1. The van der Waals surface area contributed by atoms with Gasteiger partial charge in [-0.1, -0.05) is 6.92 Å². The maximum atomic E-state index is 11.2. The number of carbonyl (C=O) groups is 1. The zero-order valence-electron chi connectivity index (χ0n) is 8.12. The lowest BCUT2D eigenvalue weighted by molar-refractivity contribution is -0.121. The summed E-state index contributed by atoms with van der Waals surface area (Å²) in [6.07, 6.45) is 0.537. The van der Waals surface area contributed by atoms with Crippen molar-refractivity contribution in [1.82, 2.24) is 10.0 Å². The minimum Gasteiger partial charge on any atom is -0.358 e. The summed E-state index contributed by atoms with van der Waals surface area (Å²) in [5, 5.41) is 2.36. The van der Waals surface area contributed by atoms with Crippen LogP contribution in [0.3, 0.4) is 0 Å². The Labute approximate surface area is 79.0 Å². The van der Waals surface area contributed by atoms with Gasteiger partial charge in [0.1, 0.15) is 0 Å². The number of hydrogen-bond donors (Lipinski definition) is 2. The molecule has 0 aromatic rings. The molecule has 78 valence electrons. The lowest BCUT2D eigenvalue weighted by Gasteiger charge is -2.11. The molecule has 0 bridgehead atoms. The van der Waals surface area contributed by atoms with Gasteiger partial charge in [0, 0.05) is 7.05 Å². The van der Waals surface area contributed by atoms with E-state index < -0.39 is 16.1 Å². The molecule has 0 heterocycles. The van der Waals surface area contributed by atoms with Gasteiger partial charge in [-0.2, -0.15) is 0 Å². The third-order valence-electron chi connectivity index (χ3n) is 1.47. The summed E-state index contributed by atoms with van der Waals surface area (Å²) in [4.78, 5) is 11.0. The highest BCUT2D eigenvalue weighted by Gasteiger charge is 2.17. The van der Waals surface area contributed by atoms with E-state index in [4.69, 9.17) is 0 Å². The van der Waals surface area contributed by atoms with Gasteiger partial charge in [-0.3, -0.25) is 4.79 Å². The number of sulfonamides is 1. The summed E-state index contributed by atoms with van der Waals surface area (Å²) >= 11 is 0. The zero-order chi connectivity index (χ0) is 10.5. The fourth-order valence-corrected chi connectivity index (χ4v) is 2.17. The van der Waals surface area contributed by atoms with Crippen molar-refractivity contribution in [3.63, 3.8) is 0 Å². The second-order valence-corrected chi connectivity index (χ2v) is 4.65. The van der Waals surface area contributed by atoms with Crippen molar-refractivity contribution in [3.8, 4) is 0 Å². The lowest BCUT2D eigenvalue weighted by atomic mass is 10.3. The molecule has 13 heavy (non-hydrogen) atoms. The first-order valence-corrected chi connectivity index (χ1v) is 5.79. The van der Waals surface area contributed by atoms with Crippen molar-refractivity contribution in [2.45, 2.75) is 26.3 Å². The first-order valence-electron chi connectivity index (χ1n) is 4.14. The summed E-state index contributed by atoms with van der Waals surface area (Å²) in [7, 11) is -1.83. The molecule has 1 unspecified atom stereocenters. The van der Waals surface area contributed by atoms with Gasteiger partial charge in [-0.25, -0.2) is 13.1 Å². The Morgan fingerprint density at radius 3 is 2.38 bits per heavy atom. The fraction of sp³-hybridized carbons (Fsp3) is 0.857. The molecule has 0 aliphatic carbocycles. The van der Waals surface area contributed by atoms with Crippen molar-refractivity contribution >= 4 is 15.9 Å². The molecule has 0 aliphatic rings. The molecule has 0 aromatic carbocycles. The standard InChI is InChI=1S/C7H16N2O3S/c1-4-5-13(11,12)9-6(2)7(10)8-3/h6,9H,4-5H2,1-3H3,(H,8,10). The second-order valence-electron chi connectivity index (χ2n) is 2.77. The molecular formula is C7H16N2O3S. The largest absolute Gasteiger partial charge is 0.358 e. The van der Waals surface area contributed by atoms with E-state index in [1.807, 2.05) is 0 Å². The van der Waals surface area contributed by atoms with E-state index in [1.54, 1.807) is 6.92 Å². The van der Waals surface area contributed by atoms with Crippen LogP contribution in [-0.4, -0.2) is 33.2 Å². The van der Waals surface area contributed by atoms with Crippen molar-refractivity contribution in [2.75, 3.05) is 12.8 Å². The van der Waals surface area contributed by atoms with Gasteiger partial charge < -0.3 is 5.32 Å². The van der Waals surface area contributed by atoms with Gasteiger partial charge in [0.15, 0.2) is 0 Å². The Balaban J connectivity index is 4.20. The average Bonchev–Trinajstić information content (AvgIpc) is 2.01. The third-order valence-corrected chi connectivity index (χ3v) is 3.13. The molecule has 0 fully saturated rings. The topological polar surface area (TPSA) is 75.3 Å². The minimum absolute atomic E-state index is 0.0499. The fourth-order valence-electron chi connectivity index (χ4n) is 0.867. The lowest BCUT2D eigenvalue weighted by Crippen LogP contribution is -2.44. The molecule has 1 amide bonds. The maximum Gasteiger partial charge on any atom is 0.237 e. The Kier molecular flexibility index (Phi) is 4.94. The van der Waals surface area contributed by atoms with Gasteiger partial charge in [0.25, 0.3) is 0 Å². The van der Waals surface area contributed by atoms with Crippen LogP contribution in [0, 0.1) is 0 Å². The summed E-state index contributed by atoms with van der Waals surface area (Å²) in [6, 6.07) is -0.707. The van der Waals surface area contributed by atoms with Crippen LogP contribution in [0.2, 0.25) is 0 Å². The predicted octanol–water partition coefficient (Wildman–Crippen LogP) is -0.550. The summed E-state index contributed by atoms with van der Waals surface area (Å²) in [6.45, 7) is 3.27. The van der Waals surface area contributed by atoms with Crippen LogP contribution in [0.5, 0.6) is 0 Å². The smallest absolute Gasteiger partial charge is 0.237 e. The highest BCUT2D eigenvalue weighted by molar-refractivity contribution is 7.89. The normalized spacial score (nSPS) is 13.8. The molecule has 0 rings (SSSR count). The van der Waals surface area contributed by atoms with Gasteiger partial charge in [-0.15, -0.1) is 0 Å². The van der Waals surface area contributed by atoms with Gasteiger partial charge in [0.2, 0.25) is 15.9 Å². The number of hydrogen-bond acceptors (Lipinski definition) is 3. The number of rotatable bonds is 5. The zero-order valence-corrected chi connectivity index (χ0v) is 8.94. The molecule has 0 saturated heterocycles. The van der Waals surface area contributed by atoms with Crippen LogP contribution in [0.4, 0.5) is 0 Å². The summed E-state index contributed by atoms with van der Waals surface area (Å²) in [5.41, 5.74) is 0. The molecule has 5 nitrogen and oxygen atoms in total. The van der Waals surface area contributed by atoms with E-state index in [0.717, 1.165) is 0 Å². The first kappa shape index (κ1) is 12.4. The van der Waals surface area contributed by atoms with Crippen molar-refractivity contribution < 1.29 is 13.2 Å². The molecule has 0 aromatic heterocycles. The highest BCUT2D eigenvalue weighted by atomic mass is 32.2. The third kappa shape index (κ3) is 4.84. The molecule has 0 radical (unpaired) electrons. The molecule has 0 aliphatic heterocycles. The molecule has 6 heteroatoms. The molecule has 2 N–H and O–H groups in total. The predicted molar refractivity (Wildman–Crippen MR) is 50.7 cm³/mol. The van der Waals surface area contributed by atoms with Crippen molar-refractivity contribution in [1.29, 1.82) is 0 Å². The van der Waals surface area contributed by atoms with Gasteiger partial charge in [-0.05, 0) is 13.3 Å². The second kappa shape index (κ2) is 5.18. The Morgan fingerprint density at radius 1 is 1.46 bits per heavy atom. The van der Waals surface area contributed by atoms with Gasteiger partial charge >= 0.3 is 0 Å². The van der Waals surface area contributed by atoms with Crippen molar-refractivity contribution in [2.24, 2.45) is 0 Å². The van der Waals surface area contributed by atoms with Crippen LogP contribution in [-0.2, 0) is 14.8 Å². The first-order chi connectivity index (χ1) is 5.93. The number of carbonyl (C=O) groups excluding carboxylic acids is 1. The van der Waals surface area contributed by atoms with E-state index in [1.165, 1.54) is 14.0 Å². The van der Waals surface area contributed by atoms with Gasteiger partial charge in [0.05, 0.1) is 11.8 Å². The van der Waals surface area contributed by atoms with E-state index in [0.29, 0.717) is 6.42 Å². The van der Waals surface area contributed by atoms with Crippen LogP contribution >= 0.6 is 0 Å². The summed E-state index contributed by atoms with van der Waals surface area (Å²) < 4.78 is 24.6. The molecule has 0 saturated carbocycles. The van der Waals surface area contributed by atoms with E-state index >= 15 is 0 Å². The average molecular weight is 208 g/mol. The Hall–Kier alpha value is -0.620. The molecule has 0 spiro atoms. The van der Waals surface area contributed by atoms with Crippen LogP contribution < -0.4 is 10.0 Å². The Morgan fingerprint density at radius 2 is 2.00 bits per heavy atom. The SMILES string of the molecule is CCCS(=O)(=O)NC(C)C(=O)NC. The highest BCUT2D eigenvalue weighted by Crippen LogP contribution is 1.92. The van der Waals surface area contributed by atoms with E-state index in [-0.39, 0.29) is 11.7 Å². The molecule has 1 atom stereocenters. The number of amides is 1. The van der Waals surface area contributed by atoms with E-state index in [9.17, 15) is 13.2 Å². The van der Waals surface area contributed by atoms with Crippen molar-refractivity contribution in [3.05, 3.63) is 0 Å².